The summed E-state index contributed by atoms with van der Waals surface area (Å²) in [6.45, 7) is 2.49. The highest BCUT2D eigenvalue weighted by atomic mass is 16.5. The molecule has 0 saturated heterocycles. The molecular weight excluding hydrogens is 286 g/mol. The smallest absolute Gasteiger partial charge is 0.307 e. The molecule has 1 atom stereocenters. The molecule has 0 rings (SSSR count). The van der Waals surface area contributed by atoms with Crippen molar-refractivity contribution in [1.82, 2.24) is 0 Å². The SMILES string of the molecule is CCCCCC(=O)CCC(=O)OC(CC(=O)O)C[N+](C)(C)C. The number of hydrogen-bond acceptors (Lipinski definition) is 4. The number of hydrogen-bond donors (Lipinski definition) is 1. The molecule has 1 N–H and O–H groups in total. The molecule has 0 aromatic carbocycles. The van der Waals surface area contributed by atoms with Crippen LogP contribution in [0.25, 0.3) is 0 Å². The quantitative estimate of drug-likeness (QED) is 0.338. The van der Waals surface area contributed by atoms with Crippen molar-refractivity contribution in [1.29, 1.82) is 0 Å². The molecule has 128 valence electrons. The fourth-order valence-corrected chi connectivity index (χ4v) is 2.13. The molecule has 0 aliphatic heterocycles. The number of aliphatic carboxylic acids is 1. The molecule has 0 saturated carbocycles. The number of rotatable bonds is 12. The summed E-state index contributed by atoms with van der Waals surface area (Å²) in [4.78, 5) is 34.2. The fraction of sp³-hybridized carbons (Fsp3) is 0.812. The van der Waals surface area contributed by atoms with Crippen LogP contribution < -0.4 is 0 Å². The molecule has 0 bridgehead atoms. The lowest BCUT2D eigenvalue weighted by Gasteiger charge is -2.28. The lowest BCUT2D eigenvalue weighted by molar-refractivity contribution is -0.873. The first-order valence-corrected chi connectivity index (χ1v) is 7.87. The van der Waals surface area contributed by atoms with Gasteiger partial charge in [-0.05, 0) is 6.42 Å². The van der Waals surface area contributed by atoms with Crippen LogP contribution >= 0.6 is 0 Å². The van der Waals surface area contributed by atoms with Gasteiger partial charge in [-0.15, -0.1) is 0 Å². The van der Waals surface area contributed by atoms with Crippen LogP contribution in [0, 0.1) is 0 Å². The Morgan fingerprint density at radius 3 is 2.18 bits per heavy atom. The van der Waals surface area contributed by atoms with Gasteiger partial charge in [0.15, 0.2) is 6.10 Å². The monoisotopic (exact) mass is 316 g/mol. The van der Waals surface area contributed by atoms with E-state index in [1.54, 1.807) is 0 Å². The second kappa shape index (κ2) is 10.3. The summed E-state index contributed by atoms with van der Waals surface area (Å²) in [7, 11) is 5.71. The number of esters is 1. The van der Waals surface area contributed by atoms with Crippen molar-refractivity contribution in [2.24, 2.45) is 0 Å². The van der Waals surface area contributed by atoms with E-state index in [4.69, 9.17) is 9.84 Å². The molecule has 0 aliphatic carbocycles. The Balaban J connectivity index is 4.21. The van der Waals surface area contributed by atoms with Gasteiger partial charge >= 0.3 is 11.9 Å². The Morgan fingerprint density at radius 1 is 1.05 bits per heavy atom. The van der Waals surface area contributed by atoms with Crippen LogP contribution in [0.3, 0.4) is 0 Å². The zero-order valence-corrected chi connectivity index (χ0v) is 14.3. The highest BCUT2D eigenvalue weighted by molar-refractivity contribution is 5.83. The Morgan fingerprint density at radius 2 is 1.68 bits per heavy atom. The third-order valence-corrected chi connectivity index (χ3v) is 3.12. The van der Waals surface area contributed by atoms with E-state index in [1.807, 2.05) is 21.1 Å². The molecule has 0 aromatic rings. The van der Waals surface area contributed by atoms with Crippen LogP contribution in [0.5, 0.6) is 0 Å². The van der Waals surface area contributed by atoms with E-state index in [0.717, 1.165) is 19.3 Å². The van der Waals surface area contributed by atoms with Gasteiger partial charge < -0.3 is 14.3 Å². The molecule has 0 fully saturated rings. The molecule has 0 heterocycles. The molecule has 0 aliphatic rings. The Bertz CT molecular complexity index is 373. The highest BCUT2D eigenvalue weighted by Gasteiger charge is 2.24. The molecule has 0 aromatic heterocycles. The van der Waals surface area contributed by atoms with E-state index in [-0.39, 0.29) is 25.0 Å². The first kappa shape index (κ1) is 20.6. The Kier molecular flexibility index (Phi) is 9.65. The van der Waals surface area contributed by atoms with E-state index in [2.05, 4.69) is 6.92 Å². The molecule has 22 heavy (non-hydrogen) atoms. The fourth-order valence-electron chi connectivity index (χ4n) is 2.13. The average Bonchev–Trinajstić information content (AvgIpc) is 2.33. The van der Waals surface area contributed by atoms with Crippen LogP contribution in [0.2, 0.25) is 0 Å². The summed E-state index contributed by atoms with van der Waals surface area (Å²) in [6.07, 6.45) is 2.74. The number of nitrogens with zero attached hydrogens (tertiary/aromatic N) is 1. The van der Waals surface area contributed by atoms with Crippen molar-refractivity contribution in [2.75, 3.05) is 27.7 Å². The van der Waals surface area contributed by atoms with E-state index in [0.29, 0.717) is 17.4 Å². The largest absolute Gasteiger partial charge is 0.481 e. The third-order valence-electron chi connectivity index (χ3n) is 3.12. The summed E-state index contributed by atoms with van der Waals surface area (Å²) < 4.78 is 5.73. The summed E-state index contributed by atoms with van der Waals surface area (Å²) in [5.74, 6) is -1.43. The molecule has 6 nitrogen and oxygen atoms in total. The zero-order valence-electron chi connectivity index (χ0n) is 14.3. The van der Waals surface area contributed by atoms with Gasteiger partial charge in [-0.3, -0.25) is 14.4 Å². The second-order valence-electron chi connectivity index (χ2n) is 6.68. The lowest BCUT2D eigenvalue weighted by atomic mass is 10.1. The number of carbonyl (C=O) groups is 3. The van der Waals surface area contributed by atoms with Crippen LogP contribution in [-0.2, 0) is 19.1 Å². The Hall–Kier alpha value is -1.43. The number of carboxylic acids is 1. The first-order chi connectivity index (χ1) is 10.1. The highest BCUT2D eigenvalue weighted by Crippen LogP contribution is 2.09. The minimum Gasteiger partial charge on any atom is -0.481 e. The number of carbonyl (C=O) groups excluding carboxylic acids is 2. The van der Waals surface area contributed by atoms with E-state index in [9.17, 15) is 14.4 Å². The normalized spacial score (nSPS) is 12.7. The maximum Gasteiger partial charge on any atom is 0.307 e. The van der Waals surface area contributed by atoms with Crippen LogP contribution in [-0.4, -0.2) is 61.1 Å². The van der Waals surface area contributed by atoms with Gasteiger partial charge in [0.1, 0.15) is 12.3 Å². The van der Waals surface area contributed by atoms with Crippen LogP contribution in [0.4, 0.5) is 0 Å². The number of Topliss-reactive ketones (excluding diaryl/α,β-unsaturated/α-hetero) is 1. The maximum absolute atomic E-state index is 11.8. The van der Waals surface area contributed by atoms with Gasteiger partial charge in [0.25, 0.3) is 0 Å². The summed E-state index contributed by atoms with van der Waals surface area (Å²) >= 11 is 0. The minimum atomic E-state index is -0.998. The van der Waals surface area contributed by atoms with Gasteiger partial charge in [0.05, 0.1) is 34.0 Å². The van der Waals surface area contributed by atoms with Gasteiger partial charge in [-0.1, -0.05) is 19.8 Å². The summed E-state index contributed by atoms with van der Waals surface area (Å²) in [6, 6.07) is 0. The number of quaternary nitrogens is 1. The number of likely N-dealkylation sites (N-methyl/N-ethyl adjacent to an activating group) is 1. The predicted octanol–water partition coefficient (Wildman–Crippen LogP) is 2.01. The van der Waals surface area contributed by atoms with Crippen molar-refractivity contribution < 1.29 is 28.7 Å². The van der Waals surface area contributed by atoms with Gasteiger partial charge in [0, 0.05) is 12.8 Å². The van der Waals surface area contributed by atoms with E-state index in [1.165, 1.54) is 0 Å². The standard InChI is InChI=1S/C16H29NO5/c1-5-6-7-8-13(18)9-10-16(21)22-14(11-15(19)20)12-17(2,3)4/h14H,5-12H2,1-4H3/p+1. The average molecular weight is 316 g/mol. The number of unbranched alkanes of at least 4 members (excludes halogenated alkanes) is 2. The Labute approximate surface area is 133 Å². The molecule has 6 heteroatoms. The second-order valence-corrected chi connectivity index (χ2v) is 6.68. The van der Waals surface area contributed by atoms with E-state index < -0.39 is 18.0 Å². The molecule has 1 unspecified atom stereocenters. The molecular formula is C16H30NO5+. The van der Waals surface area contributed by atoms with Gasteiger partial charge in [-0.25, -0.2) is 0 Å². The maximum atomic E-state index is 11.8. The minimum absolute atomic E-state index is 0.0260. The summed E-state index contributed by atoms with van der Waals surface area (Å²) in [5.41, 5.74) is 0. The zero-order chi connectivity index (χ0) is 17.2. The van der Waals surface area contributed by atoms with Crippen molar-refractivity contribution in [3.05, 3.63) is 0 Å². The predicted molar refractivity (Wildman–Crippen MR) is 83.4 cm³/mol. The van der Waals surface area contributed by atoms with Gasteiger partial charge in [0.2, 0.25) is 0 Å². The topological polar surface area (TPSA) is 80.7 Å². The molecule has 0 spiro atoms. The van der Waals surface area contributed by atoms with Crippen molar-refractivity contribution in [2.45, 2.75) is 58.0 Å². The number of carboxylic acid groups (broad SMARTS) is 1. The van der Waals surface area contributed by atoms with Crippen LogP contribution in [0.15, 0.2) is 0 Å². The lowest BCUT2D eigenvalue weighted by Crippen LogP contribution is -2.43. The van der Waals surface area contributed by atoms with Gasteiger partial charge in [-0.2, -0.15) is 0 Å². The summed E-state index contributed by atoms with van der Waals surface area (Å²) in [5, 5.41) is 8.88. The third kappa shape index (κ3) is 12.3. The van der Waals surface area contributed by atoms with E-state index >= 15 is 0 Å². The first-order valence-electron chi connectivity index (χ1n) is 7.87. The van der Waals surface area contributed by atoms with Crippen LogP contribution in [0.1, 0.15) is 51.9 Å². The van der Waals surface area contributed by atoms with Crippen molar-refractivity contribution >= 4 is 17.7 Å². The number of ketones is 1. The molecule has 0 radical (unpaired) electrons. The van der Waals surface area contributed by atoms with Crippen molar-refractivity contribution in [3.8, 4) is 0 Å². The molecule has 0 amide bonds. The van der Waals surface area contributed by atoms with Crippen molar-refractivity contribution in [3.63, 3.8) is 0 Å². The number of ether oxygens (including phenoxy) is 1.